The maximum Gasteiger partial charge on any atom is 0.240 e. The quantitative estimate of drug-likeness (QED) is 0.788. The number of carbonyl (C=O) groups excluding carboxylic acids is 2. The molecule has 0 bridgehead atoms. The number of benzene rings is 1. The summed E-state index contributed by atoms with van der Waals surface area (Å²) in [5.41, 5.74) is 1.30. The molecule has 0 saturated carbocycles. The Labute approximate surface area is 144 Å². The van der Waals surface area contributed by atoms with Crippen LogP contribution in [0.15, 0.2) is 30.3 Å². The lowest BCUT2D eigenvalue weighted by Crippen LogP contribution is -2.56. The second-order valence-corrected chi connectivity index (χ2v) is 5.58. The zero-order chi connectivity index (χ0) is 15.8. The van der Waals surface area contributed by atoms with E-state index in [0.717, 1.165) is 32.5 Å². The van der Waals surface area contributed by atoms with Crippen LogP contribution in [0, 0.1) is 0 Å². The molecule has 1 saturated heterocycles. The molecule has 1 unspecified atom stereocenters. The molecule has 23 heavy (non-hydrogen) atoms. The average Bonchev–Trinajstić information content (AvgIpc) is 2.52. The second-order valence-electron chi connectivity index (χ2n) is 5.58. The van der Waals surface area contributed by atoms with E-state index in [1.165, 1.54) is 5.56 Å². The van der Waals surface area contributed by atoms with Crippen LogP contribution in [0.25, 0.3) is 0 Å². The van der Waals surface area contributed by atoms with Gasteiger partial charge in [-0.25, -0.2) is 0 Å². The lowest BCUT2D eigenvalue weighted by atomic mass is 10.1. The van der Waals surface area contributed by atoms with E-state index in [2.05, 4.69) is 22.8 Å². The van der Waals surface area contributed by atoms with Gasteiger partial charge < -0.3 is 15.5 Å². The van der Waals surface area contributed by atoms with E-state index in [-0.39, 0.29) is 36.7 Å². The van der Waals surface area contributed by atoms with Crippen molar-refractivity contribution in [1.82, 2.24) is 15.5 Å². The fourth-order valence-corrected chi connectivity index (χ4v) is 2.75. The third-order valence-electron chi connectivity index (χ3n) is 3.88. The summed E-state index contributed by atoms with van der Waals surface area (Å²) in [5, 5.41) is 5.89. The first-order valence-corrected chi connectivity index (χ1v) is 8.03. The summed E-state index contributed by atoms with van der Waals surface area (Å²) in [6.07, 6.45) is 2.14. The van der Waals surface area contributed by atoms with Crippen molar-refractivity contribution in [3.05, 3.63) is 35.9 Å². The highest BCUT2D eigenvalue weighted by Crippen LogP contribution is 2.08. The first kappa shape index (κ1) is 19.5. The minimum atomic E-state index is -0.378. The molecule has 1 fully saturated rings. The average molecular weight is 340 g/mol. The molecule has 1 heterocycles. The summed E-state index contributed by atoms with van der Waals surface area (Å²) < 4.78 is 0. The SMILES string of the molecule is CCNC(=O)CC1NCCN(CCCc2ccccc2)C1=O.Cl. The number of nitrogens with one attached hydrogen (secondary N) is 2. The summed E-state index contributed by atoms with van der Waals surface area (Å²) in [7, 11) is 0. The van der Waals surface area contributed by atoms with Crippen LogP contribution >= 0.6 is 12.4 Å². The van der Waals surface area contributed by atoms with Gasteiger partial charge in [0.2, 0.25) is 11.8 Å². The van der Waals surface area contributed by atoms with Gasteiger partial charge in [0.15, 0.2) is 0 Å². The van der Waals surface area contributed by atoms with Gasteiger partial charge in [-0.3, -0.25) is 9.59 Å². The third kappa shape index (κ3) is 6.20. The summed E-state index contributed by atoms with van der Waals surface area (Å²) >= 11 is 0. The number of hydrogen-bond acceptors (Lipinski definition) is 3. The van der Waals surface area contributed by atoms with Crippen LogP contribution in [0.4, 0.5) is 0 Å². The number of carbonyl (C=O) groups is 2. The van der Waals surface area contributed by atoms with Gasteiger partial charge in [0, 0.05) is 26.2 Å². The molecule has 2 amide bonds. The minimum Gasteiger partial charge on any atom is -0.356 e. The molecule has 2 N–H and O–H groups in total. The van der Waals surface area contributed by atoms with Crippen molar-refractivity contribution < 1.29 is 9.59 Å². The van der Waals surface area contributed by atoms with Crippen molar-refractivity contribution in [2.45, 2.75) is 32.2 Å². The Morgan fingerprint density at radius 2 is 2.09 bits per heavy atom. The molecule has 1 aliphatic rings. The second kappa shape index (κ2) is 10.2. The Hall–Kier alpha value is -1.59. The Morgan fingerprint density at radius 1 is 1.35 bits per heavy atom. The lowest BCUT2D eigenvalue weighted by Gasteiger charge is -2.33. The summed E-state index contributed by atoms with van der Waals surface area (Å²) in [4.78, 5) is 25.9. The molecule has 6 heteroatoms. The Bertz CT molecular complexity index is 496. The minimum absolute atomic E-state index is 0. The van der Waals surface area contributed by atoms with E-state index >= 15 is 0 Å². The van der Waals surface area contributed by atoms with Crippen molar-refractivity contribution in [3.63, 3.8) is 0 Å². The van der Waals surface area contributed by atoms with E-state index in [1.54, 1.807) is 0 Å². The van der Waals surface area contributed by atoms with Crippen molar-refractivity contribution in [2.75, 3.05) is 26.2 Å². The zero-order valence-electron chi connectivity index (χ0n) is 13.6. The highest BCUT2D eigenvalue weighted by Gasteiger charge is 2.29. The Balaban J connectivity index is 0.00000264. The lowest BCUT2D eigenvalue weighted by molar-refractivity contribution is -0.138. The molecule has 1 atom stereocenters. The van der Waals surface area contributed by atoms with Gasteiger partial charge in [0.1, 0.15) is 0 Å². The van der Waals surface area contributed by atoms with E-state index < -0.39 is 0 Å². The summed E-state index contributed by atoms with van der Waals surface area (Å²) in [6, 6.07) is 9.92. The predicted molar refractivity (Wildman–Crippen MR) is 93.7 cm³/mol. The molecule has 0 aliphatic carbocycles. The topological polar surface area (TPSA) is 61.4 Å². The highest BCUT2D eigenvalue weighted by atomic mass is 35.5. The van der Waals surface area contributed by atoms with Gasteiger partial charge in [0.25, 0.3) is 0 Å². The van der Waals surface area contributed by atoms with Crippen molar-refractivity contribution in [1.29, 1.82) is 0 Å². The Morgan fingerprint density at radius 3 is 2.78 bits per heavy atom. The van der Waals surface area contributed by atoms with Crippen LogP contribution in [0.3, 0.4) is 0 Å². The maximum atomic E-state index is 12.4. The number of hydrogen-bond donors (Lipinski definition) is 2. The predicted octanol–water partition coefficient (Wildman–Crippen LogP) is 1.37. The number of amides is 2. The summed E-state index contributed by atoms with van der Waals surface area (Å²) in [6.45, 7) is 4.70. The van der Waals surface area contributed by atoms with Gasteiger partial charge in [0.05, 0.1) is 12.5 Å². The van der Waals surface area contributed by atoms with E-state index in [0.29, 0.717) is 6.54 Å². The fraction of sp³-hybridized carbons (Fsp3) is 0.529. The van der Waals surface area contributed by atoms with E-state index in [1.807, 2.05) is 30.0 Å². The number of halogens is 1. The highest BCUT2D eigenvalue weighted by molar-refractivity contribution is 5.88. The summed E-state index contributed by atoms with van der Waals surface area (Å²) in [5.74, 6) is -0.0231. The molecule has 1 aromatic carbocycles. The number of nitrogens with zero attached hydrogens (tertiary/aromatic N) is 1. The molecule has 0 aromatic heterocycles. The van der Waals surface area contributed by atoms with E-state index in [9.17, 15) is 9.59 Å². The number of rotatable bonds is 7. The van der Waals surface area contributed by atoms with Gasteiger partial charge in [-0.2, -0.15) is 0 Å². The van der Waals surface area contributed by atoms with Crippen molar-refractivity contribution >= 4 is 24.2 Å². The van der Waals surface area contributed by atoms with Gasteiger partial charge in [-0.15, -0.1) is 12.4 Å². The maximum absolute atomic E-state index is 12.4. The smallest absolute Gasteiger partial charge is 0.240 e. The first-order chi connectivity index (χ1) is 10.7. The van der Waals surface area contributed by atoms with Gasteiger partial charge in [-0.05, 0) is 25.3 Å². The monoisotopic (exact) mass is 339 g/mol. The standard InChI is InChI=1S/C17H25N3O2.ClH/c1-2-18-16(21)13-15-17(22)20(12-10-19-15)11-6-9-14-7-4-3-5-8-14;/h3-5,7-8,15,19H,2,6,9-13H2,1H3,(H,18,21);1H. The Kier molecular flexibility index (Phi) is 8.66. The molecule has 128 valence electrons. The van der Waals surface area contributed by atoms with Gasteiger partial charge in [-0.1, -0.05) is 30.3 Å². The van der Waals surface area contributed by atoms with Crippen molar-refractivity contribution in [3.8, 4) is 0 Å². The normalized spacial score (nSPS) is 17.5. The first-order valence-electron chi connectivity index (χ1n) is 8.03. The number of aryl methyl sites for hydroxylation is 1. The fourth-order valence-electron chi connectivity index (χ4n) is 2.75. The van der Waals surface area contributed by atoms with Crippen LogP contribution in [0.1, 0.15) is 25.3 Å². The molecular weight excluding hydrogens is 314 g/mol. The van der Waals surface area contributed by atoms with Crippen LogP contribution in [-0.2, 0) is 16.0 Å². The van der Waals surface area contributed by atoms with E-state index in [4.69, 9.17) is 0 Å². The molecule has 1 aliphatic heterocycles. The van der Waals surface area contributed by atoms with Crippen molar-refractivity contribution in [2.24, 2.45) is 0 Å². The molecule has 2 rings (SSSR count). The molecule has 1 aromatic rings. The van der Waals surface area contributed by atoms with Crippen LogP contribution in [0.2, 0.25) is 0 Å². The molecular formula is C17H26ClN3O2. The van der Waals surface area contributed by atoms with Crippen LogP contribution in [0.5, 0.6) is 0 Å². The van der Waals surface area contributed by atoms with Gasteiger partial charge >= 0.3 is 0 Å². The molecule has 0 spiro atoms. The van der Waals surface area contributed by atoms with Crippen LogP contribution < -0.4 is 10.6 Å². The van der Waals surface area contributed by atoms with Crippen LogP contribution in [-0.4, -0.2) is 48.9 Å². The number of piperazine rings is 1. The largest absolute Gasteiger partial charge is 0.356 e. The zero-order valence-corrected chi connectivity index (χ0v) is 14.4. The molecule has 0 radical (unpaired) electrons. The molecule has 5 nitrogen and oxygen atoms in total. The third-order valence-corrected chi connectivity index (χ3v) is 3.88.